The van der Waals surface area contributed by atoms with E-state index >= 15 is 0 Å². The van der Waals surface area contributed by atoms with Crippen LogP contribution in [0.2, 0.25) is 15.1 Å². The van der Waals surface area contributed by atoms with Crippen LogP contribution in [-0.4, -0.2) is 20.7 Å². The fourth-order valence-corrected chi connectivity index (χ4v) is 4.73. The van der Waals surface area contributed by atoms with Crippen LogP contribution in [0.5, 0.6) is 0 Å². The minimum Gasteiger partial charge on any atom is -0.214 e. The summed E-state index contributed by atoms with van der Waals surface area (Å²) in [4.78, 5) is 1.03. The van der Waals surface area contributed by atoms with E-state index in [0.717, 1.165) is 4.90 Å². The molecule has 124 valence electrons. The van der Waals surface area contributed by atoms with E-state index in [-0.39, 0.29) is 5.75 Å². The van der Waals surface area contributed by atoms with Gasteiger partial charge in [0.1, 0.15) is 0 Å². The second-order valence-electron chi connectivity index (χ2n) is 4.66. The van der Waals surface area contributed by atoms with Gasteiger partial charge in [-0.1, -0.05) is 40.9 Å². The Kier molecular flexibility index (Phi) is 7.07. The topological polar surface area (TPSA) is 46.2 Å². The first-order chi connectivity index (χ1) is 10.9. The van der Waals surface area contributed by atoms with Crippen molar-refractivity contribution < 1.29 is 8.42 Å². The second-order valence-corrected chi connectivity index (χ2v) is 8.88. The van der Waals surface area contributed by atoms with Gasteiger partial charge in [-0.3, -0.25) is 0 Å². The molecule has 0 aliphatic carbocycles. The molecule has 0 aromatic heterocycles. The molecule has 2 aromatic carbocycles. The molecular formula is C15H14Cl3NO2S2. The standard InChI is InChI=1S/C15H14Cl3NO2S2/c16-11-4-6-12(7-5-11)22-9-8-19-23(20,21)10-13-14(17)2-1-3-15(13)18/h1-7,19H,8-10H2. The molecular weight excluding hydrogens is 397 g/mol. The minimum atomic E-state index is -3.49. The number of halogens is 3. The number of hydrogen-bond acceptors (Lipinski definition) is 3. The highest BCUT2D eigenvalue weighted by molar-refractivity contribution is 7.99. The molecule has 0 aliphatic rings. The zero-order valence-electron chi connectivity index (χ0n) is 11.9. The lowest BCUT2D eigenvalue weighted by Crippen LogP contribution is -2.27. The Hall–Kier alpha value is -0.430. The summed E-state index contributed by atoms with van der Waals surface area (Å²) >= 11 is 19.4. The molecule has 0 aliphatic heterocycles. The molecule has 0 fully saturated rings. The predicted octanol–water partition coefficient (Wildman–Crippen LogP) is 4.86. The quantitative estimate of drug-likeness (QED) is 0.524. The number of nitrogens with one attached hydrogen (secondary N) is 1. The van der Waals surface area contributed by atoms with Crippen molar-refractivity contribution in [2.75, 3.05) is 12.3 Å². The summed E-state index contributed by atoms with van der Waals surface area (Å²) in [5.74, 6) is 0.369. The van der Waals surface area contributed by atoms with Gasteiger partial charge in [-0.25, -0.2) is 13.1 Å². The van der Waals surface area contributed by atoms with Crippen LogP contribution in [0.25, 0.3) is 0 Å². The van der Waals surface area contributed by atoms with E-state index in [0.29, 0.717) is 32.9 Å². The van der Waals surface area contributed by atoms with Crippen molar-refractivity contribution in [3.05, 3.63) is 63.1 Å². The first-order valence-electron chi connectivity index (χ1n) is 6.66. The zero-order chi connectivity index (χ0) is 16.9. The molecule has 0 spiro atoms. The first-order valence-corrected chi connectivity index (χ1v) is 10.4. The van der Waals surface area contributed by atoms with Crippen LogP contribution in [0.1, 0.15) is 5.56 Å². The molecule has 0 saturated carbocycles. The Morgan fingerprint density at radius 3 is 2.17 bits per heavy atom. The number of rotatable bonds is 7. The SMILES string of the molecule is O=S(=O)(Cc1c(Cl)cccc1Cl)NCCSc1ccc(Cl)cc1. The van der Waals surface area contributed by atoms with Crippen molar-refractivity contribution in [1.82, 2.24) is 4.72 Å². The highest BCUT2D eigenvalue weighted by Crippen LogP contribution is 2.26. The Bertz CT molecular complexity index is 745. The van der Waals surface area contributed by atoms with Crippen molar-refractivity contribution in [1.29, 1.82) is 0 Å². The van der Waals surface area contributed by atoms with Crippen molar-refractivity contribution in [2.24, 2.45) is 0 Å². The predicted molar refractivity (Wildman–Crippen MR) is 99.3 cm³/mol. The lowest BCUT2D eigenvalue weighted by molar-refractivity contribution is 0.583. The lowest BCUT2D eigenvalue weighted by Gasteiger charge is -2.09. The van der Waals surface area contributed by atoms with Crippen molar-refractivity contribution in [3.63, 3.8) is 0 Å². The first kappa shape index (κ1) is 18.9. The molecule has 2 aromatic rings. The second kappa shape index (κ2) is 8.60. The molecule has 0 heterocycles. The van der Waals surface area contributed by atoms with Gasteiger partial charge in [0.15, 0.2) is 0 Å². The van der Waals surface area contributed by atoms with Crippen molar-refractivity contribution >= 4 is 56.6 Å². The van der Waals surface area contributed by atoms with E-state index in [2.05, 4.69) is 4.72 Å². The van der Waals surface area contributed by atoms with Crippen LogP contribution in [0, 0.1) is 0 Å². The van der Waals surface area contributed by atoms with E-state index in [9.17, 15) is 8.42 Å². The largest absolute Gasteiger partial charge is 0.215 e. The summed E-state index contributed by atoms with van der Waals surface area (Å²) in [7, 11) is -3.49. The van der Waals surface area contributed by atoms with E-state index in [1.54, 1.807) is 42.1 Å². The van der Waals surface area contributed by atoms with E-state index < -0.39 is 10.0 Å². The van der Waals surface area contributed by atoms with E-state index in [1.807, 2.05) is 12.1 Å². The fraction of sp³-hybridized carbons (Fsp3) is 0.200. The maximum Gasteiger partial charge on any atom is 0.215 e. The van der Waals surface area contributed by atoms with Gasteiger partial charge in [-0.2, -0.15) is 0 Å². The van der Waals surface area contributed by atoms with Gasteiger partial charge in [0.2, 0.25) is 10.0 Å². The van der Waals surface area contributed by atoms with Crippen molar-refractivity contribution in [2.45, 2.75) is 10.6 Å². The summed E-state index contributed by atoms with van der Waals surface area (Å²) in [5.41, 5.74) is 0.411. The highest BCUT2D eigenvalue weighted by atomic mass is 35.5. The molecule has 2 rings (SSSR count). The van der Waals surface area contributed by atoms with Gasteiger partial charge in [0, 0.05) is 37.8 Å². The summed E-state index contributed by atoms with van der Waals surface area (Å²) in [5, 5.41) is 1.36. The Balaban J connectivity index is 1.86. The third kappa shape index (κ3) is 6.18. The fourth-order valence-electron chi connectivity index (χ4n) is 1.81. The molecule has 1 N–H and O–H groups in total. The average molecular weight is 411 g/mol. The molecule has 0 unspecified atom stereocenters. The van der Waals surface area contributed by atoms with Crippen LogP contribution in [0.3, 0.4) is 0 Å². The van der Waals surface area contributed by atoms with E-state index in [1.165, 1.54) is 0 Å². The third-order valence-electron chi connectivity index (χ3n) is 2.90. The van der Waals surface area contributed by atoms with Gasteiger partial charge in [0.25, 0.3) is 0 Å². The molecule has 0 saturated heterocycles. The number of sulfonamides is 1. The van der Waals surface area contributed by atoms with Crippen molar-refractivity contribution in [3.8, 4) is 0 Å². The average Bonchev–Trinajstić information content (AvgIpc) is 2.49. The molecule has 3 nitrogen and oxygen atoms in total. The van der Waals surface area contributed by atoms with Crippen LogP contribution >= 0.6 is 46.6 Å². The summed E-state index contributed by atoms with van der Waals surface area (Å²) in [6.45, 7) is 0.317. The minimum absolute atomic E-state index is 0.239. The summed E-state index contributed by atoms with van der Waals surface area (Å²) < 4.78 is 26.8. The molecule has 8 heteroatoms. The monoisotopic (exact) mass is 409 g/mol. The Morgan fingerprint density at radius 1 is 0.957 bits per heavy atom. The van der Waals surface area contributed by atoms with E-state index in [4.69, 9.17) is 34.8 Å². The Labute approximate surface area is 155 Å². The maximum absolute atomic E-state index is 12.1. The molecule has 0 amide bonds. The van der Waals surface area contributed by atoms with Gasteiger partial charge in [-0.05, 0) is 36.4 Å². The van der Waals surface area contributed by atoms with Crippen LogP contribution < -0.4 is 4.72 Å². The van der Waals surface area contributed by atoms with Gasteiger partial charge < -0.3 is 0 Å². The zero-order valence-corrected chi connectivity index (χ0v) is 15.8. The smallest absolute Gasteiger partial charge is 0.214 e. The third-order valence-corrected chi connectivity index (χ3v) is 6.19. The molecule has 0 radical (unpaired) electrons. The number of thioether (sulfide) groups is 1. The van der Waals surface area contributed by atoms with Gasteiger partial charge >= 0.3 is 0 Å². The van der Waals surface area contributed by atoms with Crippen LogP contribution in [0.4, 0.5) is 0 Å². The molecule has 0 bridgehead atoms. The molecule has 23 heavy (non-hydrogen) atoms. The van der Waals surface area contributed by atoms with Gasteiger partial charge in [0.05, 0.1) is 5.75 Å². The van der Waals surface area contributed by atoms with Gasteiger partial charge in [-0.15, -0.1) is 11.8 Å². The summed E-state index contributed by atoms with van der Waals surface area (Å²) in [6, 6.07) is 12.3. The Morgan fingerprint density at radius 2 is 1.57 bits per heavy atom. The van der Waals surface area contributed by atoms with Crippen LogP contribution in [0.15, 0.2) is 47.4 Å². The normalized spacial score (nSPS) is 11.6. The number of benzene rings is 2. The highest BCUT2D eigenvalue weighted by Gasteiger charge is 2.16. The summed E-state index contributed by atoms with van der Waals surface area (Å²) in [6.07, 6.45) is 0. The number of hydrogen-bond donors (Lipinski definition) is 1. The molecule has 0 atom stereocenters. The maximum atomic E-state index is 12.1. The van der Waals surface area contributed by atoms with Crippen LogP contribution in [-0.2, 0) is 15.8 Å². The lowest BCUT2D eigenvalue weighted by atomic mass is 10.2.